The first kappa shape index (κ1) is 13.3. The van der Waals surface area contributed by atoms with Crippen molar-refractivity contribution in [2.24, 2.45) is 0 Å². The molecule has 0 bridgehead atoms. The number of nitrogens with one attached hydrogen (secondary N) is 1. The zero-order valence-corrected chi connectivity index (χ0v) is 11.5. The Kier molecular flexibility index (Phi) is 3.98. The van der Waals surface area contributed by atoms with Gasteiger partial charge in [0.1, 0.15) is 0 Å². The van der Waals surface area contributed by atoms with Gasteiger partial charge in [-0.25, -0.2) is 4.68 Å². The molecule has 19 heavy (non-hydrogen) atoms. The minimum Gasteiger partial charge on any atom is -0.310 e. The van der Waals surface area contributed by atoms with E-state index in [0.29, 0.717) is 11.6 Å². The molecule has 0 aliphatic heterocycles. The van der Waals surface area contributed by atoms with E-state index >= 15 is 0 Å². The van der Waals surface area contributed by atoms with Gasteiger partial charge in [0.05, 0.1) is 23.5 Å². The summed E-state index contributed by atoms with van der Waals surface area (Å²) in [4.78, 5) is 0. The van der Waals surface area contributed by atoms with Gasteiger partial charge in [-0.1, -0.05) is 13.8 Å². The predicted octanol–water partition coefficient (Wildman–Crippen LogP) is 2.55. The third kappa shape index (κ3) is 3.01. The van der Waals surface area contributed by atoms with Gasteiger partial charge in [-0.3, -0.25) is 0 Å². The molecule has 0 aliphatic carbocycles. The molecule has 0 unspecified atom stereocenters. The maximum atomic E-state index is 8.80. The first-order valence-corrected chi connectivity index (χ1v) is 6.39. The number of nitrogens with zero attached hydrogens (tertiary/aromatic N) is 3. The van der Waals surface area contributed by atoms with Crippen molar-refractivity contribution in [1.82, 2.24) is 15.1 Å². The van der Waals surface area contributed by atoms with Crippen LogP contribution in [0.1, 0.15) is 30.7 Å². The summed E-state index contributed by atoms with van der Waals surface area (Å²) in [5.41, 5.74) is 3.96. The number of benzene rings is 1. The van der Waals surface area contributed by atoms with Crippen LogP contribution in [0.25, 0.3) is 5.69 Å². The third-order valence-electron chi connectivity index (χ3n) is 3.05. The molecule has 4 nitrogen and oxygen atoms in total. The van der Waals surface area contributed by atoms with E-state index in [9.17, 15) is 0 Å². The van der Waals surface area contributed by atoms with Gasteiger partial charge in [0.2, 0.25) is 0 Å². The normalized spacial score (nSPS) is 10.7. The second-order valence-corrected chi connectivity index (χ2v) is 4.86. The molecule has 1 aromatic heterocycles. The summed E-state index contributed by atoms with van der Waals surface area (Å²) in [6.07, 6.45) is 1.89. The van der Waals surface area contributed by atoms with Crippen molar-refractivity contribution in [2.45, 2.75) is 33.4 Å². The first-order chi connectivity index (χ1) is 9.11. The van der Waals surface area contributed by atoms with Crippen LogP contribution in [-0.4, -0.2) is 15.8 Å². The first-order valence-electron chi connectivity index (χ1n) is 6.39. The molecule has 4 heteroatoms. The fourth-order valence-electron chi connectivity index (χ4n) is 1.87. The van der Waals surface area contributed by atoms with Crippen molar-refractivity contribution >= 4 is 0 Å². The van der Waals surface area contributed by atoms with Crippen LogP contribution in [0.5, 0.6) is 0 Å². The van der Waals surface area contributed by atoms with E-state index in [1.54, 1.807) is 0 Å². The van der Waals surface area contributed by atoms with Crippen LogP contribution in [0.2, 0.25) is 0 Å². The molecule has 0 atom stereocenters. The molecular weight excluding hydrogens is 236 g/mol. The molecule has 1 aromatic carbocycles. The second kappa shape index (κ2) is 5.68. The topological polar surface area (TPSA) is 53.6 Å². The van der Waals surface area contributed by atoms with E-state index in [2.05, 4.69) is 37.3 Å². The average molecular weight is 254 g/mol. The van der Waals surface area contributed by atoms with Crippen molar-refractivity contribution in [3.63, 3.8) is 0 Å². The van der Waals surface area contributed by atoms with Crippen LogP contribution >= 0.6 is 0 Å². The van der Waals surface area contributed by atoms with Crippen LogP contribution in [0.15, 0.2) is 30.5 Å². The quantitative estimate of drug-likeness (QED) is 0.912. The molecule has 2 aromatic rings. The lowest BCUT2D eigenvalue weighted by molar-refractivity contribution is 0.587. The molecule has 0 amide bonds. The molecule has 0 aliphatic rings. The van der Waals surface area contributed by atoms with Gasteiger partial charge in [0.15, 0.2) is 0 Å². The molecule has 2 rings (SSSR count). The van der Waals surface area contributed by atoms with E-state index in [0.717, 1.165) is 17.9 Å². The summed E-state index contributed by atoms with van der Waals surface area (Å²) in [5, 5.41) is 16.6. The van der Waals surface area contributed by atoms with Crippen molar-refractivity contribution in [2.75, 3.05) is 0 Å². The Balaban J connectivity index is 2.23. The SMILES string of the molecule is Cc1c(CNC(C)C)cnn1-c1ccc(C#N)cc1. The molecule has 1 heterocycles. The Morgan fingerprint density at radius 2 is 2.00 bits per heavy atom. The Morgan fingerprint density at radius 1 is 1.32 bits per heavy atom. The molecule has 98 valence electrons. The maximum absolute atomic E-state index is 8.80. The number of aromatic nitrogens is 2. The lowest BCUT2D eigenvalue weighted by Gasteiger charge is -2.08. The van der Waals surface area contributed by atoms with Crippen LogP contribution in [-0.2, 0) is 6.54 Å². The van der Waals surface area contributed by atoms with Gasteiger partial charge >= 0.3 is 0 Å². The van der Waals surface area contributed by atoms with Crippen molar-refractivity contribution in [3.8, 4) is 11.8 Å². The lowest BCUT2D eigenvalue weighted by atomic mass is 10.2. The average Bonchev–Trinajstić information content (AvgIpc) is 2.78. The third-order valence-corrected chi connectivity index (χ3v) is 3.05. The van der Waals surface area contributed by atoms with Crippen LogP contribution in [0, 0.1) is 18.3 Å². The second-order valence-electron chi connectivity index (χ2n) is 4.86. The predicted molar refractivity (Wildman–Crippen MR) is 75.0 cm³/mol. The van der Waals surface area contributed by atoms with Crippen molar-refractivity contribution in [3.05, 3.63) is 47.3 Å². The van der Waals surface area contributed by atoms with Gasteiger partial charge in [-0.05, 0) is 31.2 Å². The number of hydrogen-bond acceptors (Lipinski definition) is 3. The molecule has 0 spiro atoms. The van der Waals surface area contributed by atoms with E-state index < -0.39 is 0 Å². The highest BCUT2D eigenvalue weighted by Gasteiger charge is 2.08. The lowest BCUT2D eigenvalue weighted by Crippen LogP contribution is -2.22. The Labute approximate surface area is 113 Å². The molecule has 0 radical (unpaired) electrons. The number of rotatable bonds is 4. The highest BCUT2D eigenvalue weighted by molar-refractivity contribution is 5.40. The zero-order chi connectivity index (χ0) is 13.8. The van der Waals surface area contributed by atoms with Gasteiger partial charge < -0.3 is 5.32 Å². The van der Waals surface area contributed by atoms with E-state index in [-0.39, 0.29) is 0 Å². The summed E-state index contributed by atoms with van der Waals surface area (Å²) < 4.78 is 1.90. The summed E-state index contributed by atoms with van der Waals surface area (Å²) in [6.45, 7) is 7.13. The Hall–Kier alpha value is -2.12. The number of hydrogen-bond donors (Lipinski definition) is 1. The van der Waals surface area contributed by atoms with Gasteiger partial charge in [0, 0.05) is 23.8 Å². The largest absolute Gasteiger partial charge is 0.310 e. The number of nitriles is 1. The smallest absolute Gasteiger partial charge is 0.0991 e. The zero-order valence-electron chi connectivity index (χ0n) is 11.5. The molecule has 1 N–H and O–H groups in total. The minimum atomic E-state index is 0.456. The van der Waals surface area contributed by atoms with E-state index in [1.807, 2.05) is 35.1 Å². The Morgan fingerprint density at radius 3 is 2.58 bits per heavy atom. The highest BCUT2D eigenvalue weighted by atomic mass is 15.3. The Bertz CT molecular complexity index is 588. The van der Waals surface area contributed by atoms with Crippen LogP contribution < -0.4 is 5.32 Å². The van der Waals surface area contributed by atoms with Crippen LogP contribution in [0.3, 0.4) is 0 Å². The van der Waals surface area contributed by atoms with E-state index in [1.165, 1.54) is 5.56 Å². The van der Waals surface area contributed by atoms with Crippen molar-refractivity contribution < 1.29 is 0 Å². The van der Waals surface area contributed by atoms with Crippen molar-refractivity contribution in [1.29, 1.82) is 5.26 Å². The fourth-order valence-corrected chi connectivity index (χ4v) is 1.87. The summed E-state index contributed by atoms with van der Waals surface area (Å²) in [7, 11) is 0. The molecule has 0 saturated carbocycles. The standard InChI is InChI=1S/C15H18N4/c1-11(2)17-9-14-10-18-19(12(14)3)15-6-4-13(8-16)5-7-15/h4-7,10-11,17H,9H2,1-3H3. The minimum absolute atomic E-state index is 0.456. The summed E-state index contributed by atoms with van der Waals surface area (Å²) >= 11 is 0. The van der Waals surface area contributed by atoms with Gasteiger partial charge in [-0.2, -0.15) is 10.4 Å². The summed E-state index contributed by atoms with van der Waals surface area (Å²) in [6, 6.07) is 10.0. The van der Waals surface area contributed by atoms with Gasteiger partial charge in [0.25, 0.3) is 0 Å². The maximum Gasteiger partial charge on any atom is 0.0991 e. The molecule has 0 fully saturated rings. The summed E-state index contributed by atoms with van der Waals surface area (Å²) in [5.74, 6) is 0. The van der Waals surface area contributed by atoms with Gasteiger partial charge in [-0.15, -0.1) is 0 Å². The molecule has 0 saturated heterocycles. The van der Waals surface area contributed by atoms with Crippen LogP contribution in [0.4, 0.5) is 0 Å². The van der Waals surface area contributed by atoms with E-state index in [4.69, 9.17) is 5.26 Å². The molecular formula is C15H18N4. The fraction of sp³-hybridized carbons (Fsp3) is 0.333. The monoisotopic (exact) mass is 254 g/mol. The highest BCUT2D eigenvalue weighted by Crippen LogP contribution is 2.14.